The summed E-state index contributed by atoms with van der Waals surface area (Å²) < 4.78 is 0. The highest BCUT2D eigenvalue weighted by molar-refractivity contribution is 6.31. The maximum absolute atomic E-state index is 12.0. The van der Waals surface area contributed by atoms with Crippen molar-refractivity contribution in [2.75, 3.05) is 25.0 Å². The first kappa shape index (κ1) is 18.7. The SMILES string of the molecule is CCNC(=O)c1cc(Cl)ccc1NC(=O)CNCC1CC1.Cl. The molecule has 0 heterocycles. The molecule has 0 unspecified atom stereocenters. The quantitative estimate of drug-likeness (QED) is 0.710. The summed E-state index contributed by atoms with van der Waals surface area (Å²) in [5.74, 6) is 0.309. The fourth-order valence-electron chi connectivity index (χ4n) is 1.98. The molecule has 1 saturated carbocycles. The van der Waals surface area contributed by atoms with E-state index in [1.807, 2.05) is 6.92 Å². The van der Waals surface area contributed by atoms with Crippen LogP contribution >= 0.6 is 24.0 Å². The maximum Gasteiger partial charge on any atom is 0.253 e. The first-order valence-electron chi connectivity index (χ1n) is 7.18. The van der Waals surface area contributed by atoms with Gasteiger partial charge in [0.15, 0.2) is 0 Å². The second kappa shape index (κ2) is 8.98. The predicted molar refractivity (Wildman–Crippen MR) is 90.9 cm³/mol. The second-order valence-corrected chi connectivity index (χ2v) is 5.61. The number of halogens is 2. The first-order chi connectivity index (χ1) is 10.1. The average molecular weight is 346 g/mol. The van der Waals surface area contributed by atoms with Crippen LogP contribution in [0.4, 0.5) is 5.69 Å². The first-order valence-corrected chi connectivity index (χ1v) is 7.56. The molecule has 0 aliphatic heterocycles. The van der Waals surface area contributed by atoms with E-state index in [1.165, 1.54) is 12.8 Å². The number of hydrogen-bond donors (Lipinski definition) is 3. The molecule has 2 amide bonds. The molecule has 5 nitrogen and oxygen atoms in total. The lowest BCUT2D eigenvalue weighted by Crippen LogP contribution is -2.31. The van der Waals surface area contributed by atoms with E-state index in [2.05, 4.69) is 16.0 Å². The van der Waals surface area contributed by atoms with E-state index in [0.717, 1.165) is 12.5 Å². The Morgan fingerprint density at radius 3 is 2.68 bits per heavy atom. The van der Waals surface area contributed by atoms with E-state index in [1.54, 1.807) is 18.2 Å². The average Bonchev–Trinajstić information content (AvgIpc) is 3.25. The van der Waals surface area contributed by atoms with Crippen LogP contribution in [0, 0.1) is 5.92 Å². The Balaban J connectivity index is 0.00000242. The molecule has 3 N–H and O–H groups in total. The number of nitrogens with one attached hydrogen (secondary N) is 3. The van der Waals surface area contributed by atoms with Crippen molar-refractivity contribution in [2.24, 2.45) is 5.92 Å². The fourth-order valence-corrected chi connectivity index (χ4v) is 2.15. The Bertz CT molecular complexity index is 534. The Kier molecular flexibility index (Phi) is 7.65. The molecule has 1 aliphatic rings. The van der Waals surface area contributed by atoms with Crippen molar-refractivity contribution in [2.45, 2.75) is 19.8 Å². The predicted octanol–water partition coefficient (Wildman–Crippen LogP) is 2.45. The van der Waals surface area contributed by atoms with Gasteiger partial charge in [0, 0.05) is 11.6 Å². The van der Waals surface area contributed by atoms with Gasteiger partial charge in [0.25, 0.3) is 5.91 Å². The standard InChI is InChI=1S/C15H20ClN3O2.ClH/c1-2-18-15(21)12-7-11(16)5-6-13(12)19-14(20)9-17-8-10-3-4-10;/h5-7,10,17H,2-4,8-9H2,1H3,(H,18,21)(H,19,20);1H. The molecule has 0 spiro atoms. The van der Waals surface area contributed by atoms with Gasteiger partial charge in [-0.3, -0.25) is 9.59 Å². The van der Waals surface area contributed by atoms with E-state index in [0.29, 0.717) is 22.8 Å². The summed E-state index contributed by atoms with van der Waals surface area (Å²) in [4.78, 5) is 23.9. The van der Waals surface area contributed by atoms with Crippen LogP contribution in [0.1, 0.15) is 30.1 Å². The normalized spacial score (nSPS) is 13.2. The van der Waals surface area contributed by atoms with Gasteiger partial charge in [-0.25, -0.2) is 0 Å². The molecule has 0 bridgehead atoms. The minimum Gasteiger partial charge on any atom is -0.352 e. The lowest BCUT2D eigenvalue weighted by atomic mass is 10.1. The summed E-state index contributed by atoms with van der Waals surface area (Å²) in [5.41, 5.74) is 0.850. The number of rotatable bonds is 7. The molecule has 22 heavy (non-hydrogen) atoms. The van der Waals surface area contributed by atoms with Gasteiger partial charge in [-0.1, -0.05) is 11.6 Å². The minimum atomic E-state index is -0.249. The molecule has 7 heteroatoms. The zero-order valence-electron chi connectivity index (χ0n) is 12.4. The van der Waals surface area contributed by atoms with Crippen molar-refractivity contribution in [1.82, 2.24) is 10.6 Å². The highest BCUT2D eigenvalue weighted by Crippen LogP contribution is 2.27. The molecule has 1 fully saturated rings. The van der Waals surface area contributed by atoms with Crippen molar-refractivity contribution < 1.29 is 9.59 Å². The third-order valence-electron chi connectivity index (χ3n) is 3.25. The molecule has 0 radical (unpaired) electrons. The molecule has 1 aliphatic carbocycles. The third-order valence-corrected chi connectivity index (χ3v) is 3.49. The van der Waals surface area contributed by atoms with Gasteiger partial charge >= 0.3 is 0 Å². The van der Waals surface area contributed by atoms with Gasteiger partial charge in [-0.15, -0.1) is 12.4 Å². The number of benzene rings is 1. The van der Waals surface area contributed by atoms with Crippen LogP contribution < -0.4 is 16.0 Å². The van der Waals surface area contributed by atoms with Gasteiger partial charge in [-0.2, -0.15) is 0 Å². The monoisotopic (exact) mass is 345 g/mol. The van der Waals surface area contributed by atoms with Gasteiger partial charge in [-0.05, 0) is 50.4 Å². The zero-order chi connectivity index (χ0) is 15.2. The van der Waals surface area contributed by atoms with Crippen LogP contribution in [-0.4, -0.2) is 31.4 Å². The van der Waals surface area contributed by atoms with Gasteiger partial charge in [0.05, 0.1) is 17.8 Å². The smallest absolute Gasteiger partial charge is 0.253 e. The van der Waals surface area contributed by atoms with E-state index >= 15 is 0 Å². The van der Waals surface area contributed by atoms with Crippen molar-refractivity contribution in [3.8, 4) is 0 Å². The lowest BCUT2D eigenvalue weighted by Gasteiger charge is -2.11. The van der Waals surface area contributed by atoms with Crippen molar-refractivity contribution in [3.63, 3.8) is 0 Å². The lowest BCUT2D eigenvalue weighted by molar-refractivity contribution is -0.115. The molecule has 0 saturated heterocycles. The number of hydrogen-bond acceptors (Lipinski definition) is 3. The van der Waals surface area contributed by atoms with Gasteiger partial charge < -0.3 is 16.0 Å². The Morgan fingerprint density at radius 1 is 1.32 bits per heavy atom. The van der Waals surface area contributed by atoms with E-state index < -0.39 is 0 Å². The van der Waals surface area contributed by atoms with Crippen LogP contribution in [0.2, 0.25) is 5.02 Å². The van der Waals surface area contributed by atoms with Crippen LogP contribution in [-0.2, 0) is 4.79 Å². The summed E-state index contributed by atoms with van der Waals surface area (Å²) in [5, 5.41) is 9.03. The third kappa shape index (κ3) is 5.83. The Hall–Kier alpha value is -1.30. The van der Waals surface area contributed by atoms with E-state index in [4.69, 9.17) is 11.6 Å². The maximum atomic E-state index is 12.0. The molecule has 2 rings (SSSR count). The molecule has 1 aromatic rings. The van der Waals surface area contributed by atoms with E-state index in [9.17, 15) is 9.59 Å². The van der Waals surface area contributed by atoms with Crippen LogP contribution in [0.25, 0.3) is 0 Å². The molecular weight excluding hydrogens is 325 g/mol. The highest BCUT2D eigenvalue weighted by atomic mass is 35.5. The van der Waals surface area contributed by atoms with Crippen molar-refractivity contribution >= 4 is 41.5 Å². The zero-order valence-corrected chi connectivity index (χ0v) is 14.0. The summed E-state index contributed by atoms with van der Waals surface area (Å²) in [7, 11) is 0. The largest absolute Gasteiger partial charge is 0.352 e. The number of carbonyl (C=O) groups excluding carboxylic acids is 2. The summed E-state index contributed by atoms with van der Waals surface area (Å²) in [6.45, 7) is 3.47. The second-order valence-electron chi connectivity index (χ2n) is 5.17. The topological polar surface area (TPSA) is 70.2 Å². The van der Waals surface area contributed by atoms with E-state index in [-0.39, 0.29) is 30.8 Å². The van der Waals surface area contributed by atoms with Crippen LogP contribution in [0.5, 0.6) is 0 Å². The molecular formula is C15H21Cl2N3O2. The summed E-state index contributed by atoms with van der Waals surface area (Å²) in [6.07, 6.45) is 2.49. The Labute approximate surface area is 141 Å². The molecule has 122 valence electrons. The van der Waals surface area contributed by atoms with Crippen molar-refractivity contribution in [3.05, 3.63) is 28.8 Å². The minimum absolute atomic E-state index is 0. The van der Waals surface area contributed by atoms with Crippen LogP contribution in [0.15, 0.2) is 18.2 Å². The van der Waals surface area contributed by atoms with Gasteiger partial charge in [0.1, 0.15) is 0 Å². The fraction of sp³-hybridized carbons (Fsp3) is 0.467. The summed E-state index contributed by atoms with van der Waals surface area (Å²) in [6, 6.07) is 4.85. The number of carbonyl (C=O) groups is 2. The van der Waals surface area contributed by atoms with Gasteiger partial charge in [0.2, 0.25) is 5.91 Å². The number of anilines is 1. The molecule has 0 atom stereocenters. The number of amides is 2. The molecule has 0 aromatic heterocycles. The Morgan fingerprint density at radius 2 is 2.05 bits per heavy atom. The summed E-state index contributed by atoms with van der Waals surface area (Å²) >= 11 is 5.92. The van der Waals surface area contributed by atoms with Crippen molar-refractivity contribution in [1.29, 1.82) is 0 Å². The highest BCUT2D eigenvalue weighted by Gasteiger charge is 2.20. The molecule has 1 aromatic carbocycles. The van der Waals surface area contributed by atoms with Crippen LogP contribution in [0.3, 0.4) is 0 Å².